The largest absolute Gasteiger partial charge is 0.457 e. The van der Waals surface area contributed by atoms with Gasteiger partial charge in [-0.2, -0.15) is 13.2 Å². The van der Waals surface area contributed by atoms with Gasteiger partial charge in [-0.25, -0.2) is 0 Å². The van der Waals surface area contributed by atoms with Gasteiger partial charge in [0.15, 0.2) is 0 Å². The highest BCUT2D eigenvalue weighted by atomic mass is 19.4. The highest BCUT2D eigenvalue weighted by molar-refractivity contribution is 5.41. The van der Waals surface area contributed by atoms with Gasteiger partial charge in [-0.3, -0.25) is 0 Å². The van der Waals surface area contributed by atoms with Gasteiger partial charge in [-0.15, -0.1) is 0 Å². The Kier molecular flexibility index (Phi) is 3.51. The van der Waals surface area contributed by atoms with E-state index in [9.17, 15) is 13.2 Å². The second-order valence-corrected chi connectivity index (χ2v) is 4.40. The molecule has 2 aromatic carbocycles. The Bertz CT molecular complexity index is 588. The van der Waals surface area contributed by atoms with Crippen LogP contribution in [0.1, 0.15) is 16.7 Å². The molecule has 0 spiro atoms. The number of hydrogen-bond donors (Lipinski definition) is 0. The van der Waals surface area contributed by atoms with Gasteiger partial charge in [0.1, 0.15) is 11.5 Å². The van der Waals surface area contributed by atoms with E-state index in [1.807, 2.05) is 25.1 Å². The van der Waals surface area contributed by atoms with Crippen molar-refractivity contribution in [1.82, 2.24) is 0 Å². The smallest absolute Gasteiger partial charge is 0.416 e. The second kappa shape index (κ2) is 4.96. The van der Waals surface area contributed by atoms with Gasteiger partial charge in [0.2, 0.25) is 0 Å². The van der Waals surface area contributed by atoms with Crippen LogP contribution in [0.25, 0.3) is 0 Å². The molecule has 0 radical (unpaired) electrons. The number of halogens is 3. The first-order chi connectivity index (χ1) is 8.86. The fourth-order valence-corrected chi connectivity index (χ4v) is 1.75. The molecule has 0 bridgehead atoms. The van der Waals surface area contributed by atoms with Crippen molar-refractivity contribution in [2.24, 2.45) is 0 Å². The summed E-state index contributed by atoms with van der Waals surface area (Å²) in [5, 5.41) is 0. The zero-order chi connectivity index (χ0) is 14.0. The fraction of sp³-hybridized carbons (Fsp3) is 0.200. The SMILES string of the molecule is Cc1cccc(Oc2ccc(C(F)(F)F)cc2C)c1. The molecule has 0 unspecified atom stereocenters. The number of rotatable bonds is 2. The predicted octanol–water partition coefficient (Wildman–Crippen LogP) is 5.11. The van der Waals surface area contributed by atoms with Crippen molar-refractivity contribution in [1.29, 1.82) is 0 Å². The number of aryl methyl sites for hydroxylation is 2. The summed E-state index contributed by atoms with van der Waals surface area (Å²) in [4.78, 5) is 0. The van der Waals surface area contributed by atoms with Crippen molar-refractivity contribution >= 4 is 0 Å². The van der Waals surface area contributed by atoms with Crippen LogP contribution in [-0.4, -0.2) is 0 Å². The topological polar surface area (TPSA) is 9.23 Å². The molecule has 100 valence electrons. The van der Waals surface area contributed by atoms with Gasteiger partial charge in [0, 0.05) is 0 Å². The van der Waals surface area contributed by atoms with E-state index in [0.717, 1.165) is 17.7 Å². The van der Waals surface area contributed by atoms with E-state index < -0.39 is 11.7 Å². The summed E-state index contributed by atoms with van der Waals surface area (Å²) in [6.07, 6.45) is -4.33. The van der Waals surface area contributed by atoms with Crippen LogP contribution in [0.15, 0.2) is 42.5 Å². The molecule has 0 heterocycles. The Morgan fingerprint density at radius 1 is 0.947 bits per heavy atom. The summed E-state index contributed by atoms with van der Waals surface area (Å²) in [6, 6.07) is 10.8. The maximum Gasteiger partial charge on any atom is 0.416 e. The van der Waals surface area contributed by atoms with E-state index in [1.54, 1.807) is 13.0 Å². The first kappa shape index (κ1) is 13.5. The van der Waals surface area contributed by atoms with Crippen LogP contribution in [0.2, 0.25) is 0 Å². The van der Waals surface area contributed by atoms with Crippen molar-refractivity contribution in [3.63, 3.8) is 0 Å². The number of benzene rings is 2. The number of hydrogen-bond acceptors (Lipinski definition) is 1. The predicted molar refractivity (Wildman–Crippen MR) is 67.4 cm³/mol. The van der Waals surface area contributed by atoms with Crippen molar-refractivity contribution in [2.75, 3.05) is 0 Å². The Hall–Kier alpha value is -1.97. The molecule has 4 heteroatoms. The van der Waals surface area contributed by atoms with E-state index in [-0.39, 0.29) is 0 Å². The van der Waals surface area contributed by atoms with Crippen LogP contribution < -0.4 is 4.74 Å². The van der Waals surface area contributed by atoms with E-state index in [4.69, 9.17) is 4.74 Å². The average Bonchev–Trinajstić information content (AvgIpc) is 2.30. The summed E-state index contributed by atoms with van der Waals surface area (Å²) in [5.41, 5.74) is 0.819. The summed E-state index contributed by atoms with van der Waals surface area (Å²) in [6.45, 7) is 3.52. The summed E-state index contributed by atoms with van der Waals surface area (Å²) in [5.74, 6) is 1.04. The third kappa shape index (κ3) is 3.28. The standard InChI is InChI=1S/C15H13F3O/c1-10-4-3-5-13(8-10)19-14-7-6-12(9-11(14)2)15(16,17)18/h3-9H,1-2H3. The molecule has 0 N–H and O–H groups in total. The van der Waals surface area contributed by atoms with Crippen molar-refractivity contribution in [3.05, 3.63) is 59.2 Å². The van der Waals surface area contributed by atoms with Gasteiger partial charge in [-0.1, -0.05) is 12.1 Å². The van der Waals surface area contributed by atoms with Gasteiger partial charge < -0.3 is 4.74 Å². The second-order valence-electron chi connectivity index (χ2n) is 4.40. The summed E-state index contributed by atoms with van der Waals surface area (Å²) in [7, 11) is 0. The molecule has 1 nitrogen and oxygen atoms in total. The van der Waals surface area contributed by atoms with E-state index in [2.05, 4.69) is 0 Å². The molecule has 2 aromatic rings. The zero-order valence-electron chi connectivity index (χ0n) is 10.6. The first-order valence-corrected chi connectivity index (χ1v) is 5.78. The van der Waals surface area contributed by atoms with Gasteiger partial charge in [0.05, 0.1) is 5.56 Å². The first-order valence-electron chi connectivity index (χ1n) is 5.78. The number of alkyl halides is 3. The summed E-state index contributed by atoms with van der Waals surface area (Å²) < 4.78 is 43.2. The lowest BCUT2D eigenvalue weighted by Crippen LogP contribution is -2.05. The van der Waals surface area contributed by atoms with Gasteiger partial charge >= 0.3 is 6.18 Å². The highest BCUT2D eigenvalue weighted by Crippen LogP contribution is 2.33. The third-order valence-electron chi connectivity index (χ3n) is 2.72. The van der Waals surface area contributed by atoms with Gasteiger partial charge in [0.25, 0.3) is 0 Å². The minimum atomic E-state index is -4.33. The van der Waals surface area contributed by atoms with Crippen LogP contribution in [0.4, 0.5) is 13.2 Å². The molecule has 2 rings (SSSR count). The monoisotopic (exact) mass is 266 g/mol. The Morgan fingerprint density at radius 3 is 2.26 bits per heavy atom. The Labute approximate surface area is 109 Å². The molecule has 0 amide bonds. The fourth-order valence-electron chi connectivity index (χ4n) is 1.75. The van der Waals surface area contributed by atoms with E-state index >= 15 is 0 Å². The maximum atomic E-state index is 12.5. The van der Waals surface area contributed by atoms with E-state index in [0.29, 0.717) is 17.1 Å². The highest BCUT2D eigenvalue weighted by Gasteiger charge is 2.30. The van der Waals surface area contributed by atoms with Crippen LogP contribution in [0.3, 0.4) is 0 Å². The van der Waals surface area contributed by atoms with Crippen LogP contribution in [0.5, 0.6) is 11.5 Å². The normalized spacial score (nSPS) is 11.4. The lowest BCUT2D eigenvalue weighted by atomic mass is 10.1. The molecule has 0 fully saturated rings. The molecule has 0 aliphatic rings. The molecule has 0 aromatic heterocycles. The minimum absolute atomic E-state index is 0.429. The lowest BCUT2D eigenvalue weighted by Gasteiger charge is -2.12. The van der Waals surface area contributed by atoms with Gasteiger partial charge in [-0.05, 0) is 55.3 Å². The Balaban J connectivity index is 2.27. The molecular weight excluding hydrogens is 253 g/mol. The molecule has 19 heavy (non-hydrogen) atoms. The molecule has 0 saturated heterocycles. The Morgan fingerprint density at radius 2 is 1.68 bits per heavy atom. The maximum absolute atomic E-state index is 12.5. The molecule has 0 saturated carbocycles. The molecular formula is C15H13F3O. The zero-order valence-corrected chi connectivity index (χ0v) is 10.6. The number of ether oxygens (including phenoxy) is 1. The quantitative estimate of drug-likeness (QED) is 0.733. The van der Waals surface area contributed by atoms with Crippen molar-refractivity contribution in [2.45, 2.75) is 20.0 Å². The van der Waals surface area contributed by atoms with Crippen LogP contribution in [0, 0.1) is 13.8 Å². The molecule has 0 aliphatic carbocycles. The lowest BCUT2D eigenvalue weighted by molar-refractivity contribution is -0.137. The summed E-state index contributed by atoms with van der Waals surface area (Å²) >= 11 is 0. The van der Waals surface area contributed by atoms with E-state index in [1.165, 1.54) is 6.07 Å². The molecule has 0 atom stereocenters. The minimum Gasteiger partial charge on any atom is -0.457 e. The van der Waals surface area contributed by atoms with Crippen molar-refractivity contribution in [3.8, 4) is 11.5 Å². The third-order valence-corrected chi connectivity index (χ3v) is 2.72. The molecule has 0 aliphatic heterocycles. The van der Waals surface area contributed by atoms with Crippen molar-refractivity contribution < 1.29 is 17.9 Å². The average molecular weight is 266 g/mol. The van der Waals surface area contributed by atoms with Crippen LogP contribution in [-0.2, 0) is 6.18 Å². The van der Waals surface area contributed by atoms with Crippen LogP contribution >= 0.6 is 0 Å².